The molecule has 4 heteroatoms. The van der Waals surface area contributed by atoms with Gasteiger partial charge >= 0.3 is 0 Å². The van der Waals surface area contributed by atoms with Crippen LogP contribution in [0.3, 0.4) is 0 Å². The maximum absolute atomic E-state index is 5.65. The molecule has 16 heavy (non-hydrogen) atoms. The van der Waals surface area contributed by atoms with E-state index < -0.39 is 0 Å². The maximum Gasteiger partial charge on any atom is 0.121 e. The second-order valence-electron chi connectivity index (χ2n) is 3.54. The van der Waals surface area contributed by atoms with E-state index in [4.69, 9.17) is 10.5 Å². The van der Waals surface area contributed by atoms with Crippen LogP contribution in [0.1, 0.15) is 6.42 Å². The van der Waals surface area contributed by atoms with Crippen LogP contribution in [0, 0.1) is 0 Å². The number of nitrogen functional groups attached to an aromatic ring is 1. The van der Waals surface area contributed by atoms with Gasteiger partial charge < -0.3 is 10.5 Å². The molecule has 0 saturated carbocycles. The summed E-state index contributed by atoms with van der Waals surface area (Å²) in [6, 6.07) is 9.38. The van der Waals surface area contributed by atoms with Crippen LogP contribution in [0.5, 0.6) is 5.75 Å². The summed E-state index contributed by atoms with van der Waals surface area (Å²) in [6.07, 6.45) is 4.65. The topological polar surface area (TPSA) is 53.1 Å². The largest absolute Gasteiger partial charge is 0.493 e. The smallest absolute Gasteiger partial charge is 0.121 e. The third-order valence-electron chi connectivity index (χ3n) is 2.22. The van der Waals surface area contributed by atoms with Crippen molar-refractivity contribution in [1.29, 1.82) is 0 Å². The molecule has 0 radical (unpaired) electrons. The fourth-order valence-electron chi connectivity index (χ4n) is 1.45. The summed E-state index contributed by atoms with van der Waals surface area (Å²) in [6.45, 7) is 1.54. The molecule has 2 rings (SSSR count). The lowest BCUT2D eigenvalue weighted by Crippen LogP contribution is -2.04. The van der Waals surface area contributed by atoms with E-state index in [1.54, 1.807) is 6.20 Å². The summed E-state index contributed by atoms with van der Waals surface area (Å²) in [5.74, 6) is 0.820. The van der Waals surface area contributed by atoms with Gasteiger partial charge in [-0.2, -0.15) is 5.10 Å². The fourth-order valence-corrected chi connectivity index (χ4v) is 1.45. The van der Waals surface area contributed by atoms with Crippen LogP contribution in [-0.2, 0) is 6.54 Å². The number of aromatic nitrogens is 2. The van der Waals surface area contributed by atoms with Crippen molar-refractivity contribution in [3.8, 4) is 5.75 Å². The Morgan fingerprint density at radius 1 is 1.31 bits per heavy atom. The van der Waals surface area contributed by atoms with Gasteiger partial charge in [0.05, 0.1) is 6.61 Å². The number of nitrogens with two attached hydrogens (primary N) is 1. The number of benzene rings is 1. The molecule has 2 N–H and O–H groups in total. The lowest BCUT2D eigenvalue weighted by atomic mass is 10.3. The van der Waals surface area contributed by atoms with Crippen molar-refractivity contribution in [2.24, 2.45) is 0 Å². The van der Waals surface area contributed by atoms with E-state index >= 15 is 0 Å². The molecule has 0 fully saturated rings. The normalized spacial score (nSPS) is 10.2. The maximum atomic E-state index is 5.65. The van der Waals surface area contributed by atoms with Crippen LogP contribution in [-0.4, -0.2) is 16.4 Å². The van der Waals surface area contributed by atoms with E-state index in [1.165, 1.54) is 0 Å². The predicted octanol–water partition coefficient (Wildman–Crippen LogP) is 1.93. The standard InChI is InChI=1S/C12H15N3O/c13-11-4-1-5-12(10-11)16-9-3-8-15-7-2-6-14-15/h1-2,4-7,10H,3,8-9,13H2. The van der Waals surface area contributed by atoms with Crippen LogP contribution >= 0.6 is 0 Å². The van der Waals surface area contributed by atoms with Crippen LogP contribution in [0.4, 0.5) is 5.69 Å². The summed E-state index contributed by atoms with van der Waals surface area (Å²) in [5, 5.41) is 4.12. The number of aryl methyl sites for hydroxylation is 1. The van der Waals surface area contributed by atoms with Gasteiger partial charge in [0.1, 0.15) is 5.75 Å². The van der Waals surface area contributed by atoms with E-state index in [-0.39, 0.29) is 0 Å². The highest BCUT2D eigenvalue weighted by molar-refractivity contribution is 5.43. The highest BCUT2D eigenvalue weighted by atomic mass is 16.5. The molecule has 0 aliphatic carbocycles. The van der Waals surface area contributed by atoms with Crippen molar-refractivity contribution >= 4 is 5.69 Å². The zero-order chi connectivity index (χ0) is 11.2. The van der Waals surface area contributed by atoms with Crippen molar-refractivity contribution < 1.29 is 4.74 Å². The molecule has 0 atom stereocenters. The van der Waals surface area contributed by atoms with Crippen LogP contribution in [0.15, 0.2) is 42.7 Å². The molecule has 0 saturated heterocycles. The number of hydrogen-bond acceptors (Lipinski definition) is 3. The first kappa shape index (κ1) is 10.5. The minimum Gasteiger partial charge on any atom is -0.493 e. The predicted molar refractivity (Wildman–Crippen MR) is 63.2 cm³/mol. The minimum absolute atomic E-state index is 0.670. The number of nitrogens with zero attached hydrogens (tertiary/aromatic N) is 2. The number of ether oxygens (including phenoxy) is 1. The van der Waals surface area contributed by atoms with Gasteiger partial charge in [-0.3, -0.25) is 4.68 Å². The molecule has 0 bridgehead atoms. The highest BCUT2D eigenvalue weighted by Gasteiger charge is 1.95. The van der Waals surface area contributed by atoms with E-state index in [1.807, 2.05) is 41.2 Å². The van der Waals surface area contributed by atoms with Gasteiger partial charge in [-0.15, -0.1) is 0 Å². The third kappa shape index (κ3) is 3.02. The van der Waals surface area contributed by atoms with Crippen molar-refractivity contribution in [1.82, 2.24) is 9.78 Å². The number of rotatable bonds is 5. The molecule has 2 aromatic rings. The van der Waals surface area contributed by atoms with E-state index in [2.05, 4.69) is 5.10 Å². The molecular formula is C12H15N3O. The van der Waals surface area contributed by atoms with Gasteiger partial charge in [0.2, 0.25) is 0 Å². The Morgan fingerprint density at radius 2 is 2.25 bits per heavy atom. The summed E-state index contributed by atoms with van der Waals surface area (Å²) < 4.78 is 7.46. The molecule has 0 aliphatic rings. The Balaban J connectivity index is 1.72. The second-order valence-corrected chi connectivity index (χ2v) is 3.54. The Morgan fingerprint density at radius 3 is 3.00 bits per heavy atom. The van der Waals surface area contributed by atoms with Crippen molar-refractivity contribution in [3.05, 3.63) is 42.7 Å². The minimum atomic E-state index is 0.670. The summed E-state index contributed by atoms with van der Waals surface area (Å²) >= 11 is 0. The molecule has 1 heterocycles. The zero-order valence-corrected chi connectivity index (χ0v) is 9.04. The van der Waals surface area contributed by atoms with Crippen LogP contribution in [0.25, 0.3) is 0 Å². The Labute approximate surface area is 94.6 Å². The van der Waals surface area contributed by atoms with E-state index in [0.29, 0.717) is 6.61 Å². The second kappa shape index (κ2) is 5.21. The Bertz CT molecular complexity index is 426. The molecule has 0 aliphatic heterocycles. The van der Waals surface area contributed by atoms with Crippen molar-refractivity contribution in [2.45, 2.75) is 13.0 Å². The van der Waals surface area contributed by atoms with Gasteiger partial charge in [-0.25, -0.2) is 0 Å². The number of anilines is 1. The first-order chi connectivity index (χ1) is 7.84. The van der Waals surface area contributed by atoms with Crippen molar-refractivity contribution in [3.63, 3.8) is 0 Å². The summed E-state index contributed by atoms with van der Waals surface area (Å²) in [4.78, 5) is 0. The third-order valence-corrected chi connectivity index (χ3v) is 2.22. The number of hydrogen-bond donors (Lipinski definition) is 1. The molecule has 1 aromatic heterocycles. The zero-order valence-electron chi connectivity index (χ0n) is 9.04. The van der Waals surface area contributed by atoms with E-state index in [9.17, 15) is 0 Å². The van der Waals surface area contributed by atoms with Crippen molar-refractivity contribution in [2.75, 3.05) is 12.3 Å². The first-order valence-corrected chi connectivity index (χ1v) is 5.30. The molecule has 0 amide bonds. The van der Waals surface area contributed by atoms with Crippen LogP contribution < -0.4 is 10.5 Å². The molecule has 84 valence electrons. The molecule has 1 aromatic carbocycles. The summed E-state index contributed by atoms with van der Waals surface area (Å²) in [7, 11) is 0. The van der Waals surface area contributed by atoms with Gasteiger partial charge in [0.15, 0.2) is 0 Å². The molecule has 0 unspecified atom stereocenters. The highest BCUT2D eigenvalue weighted by Crippen LogP contribution is 2.14. The lowest BCUT2D eigenvalue weighted by Gasteiger charge is -2.06. The van der Waals surface area contributed by atoms with Gasteiger partial charge in [-0.1, -0.05) is 6.07 Å². The molecule has 0 spiro atoms. The quantitative estimate of drug-likeness (QED) is 0.615. The molecule has 4 nitrogen and oxygen atoms in total. The lowest BCUT2D eigenvalue weighted by molar-refractivity contribution is 0.299. The van der Waals surface area contributed by atoms with Gasteiger partial charge in [-0.05, 0) is 18.2 Å². The van der Waals surface area contributed by atoms with Gasteiger partial charge in [0.25, 0.3) is 0 Å². The summed E-state index contributed by atoms with van der Waals surface area (Å²) in [5.41, 5.74) is 6.37. The first-order valence-electron chi connectivity index (χ1n) is 5.30. The average Bonchev–Trinajstić information content (AvgIpc) is 2.77. The SMILES string of the molecule is Nc1cccc(OCCCn2cccn2)c1. The fraction of sp³-hybridized carbons (Fsp3) is 0.250. The molecular weight excluding hydrogens is 202 g/mol. The Hall–Kier alpha value is -1.97. The van der Waals surface area contributed by atoms with Crippen LogP contribution in [0.2, 0.25) is 0 Å². The monoisotopic (exact) mass is 217 g/mol. The van der Waals surface area contributed by atoms with E-state index in [0.717, 1.165) is 24.4 Å². The average molecular weight is 217 g/mol. The van der Waals surface area contributed by atoms with Gasteiger partial charge in [0, 0.05) is 37.1 Å². The Kier molecular flexibility index (Phi) is 3.43.